The fourth-order valence-electron chi connectivity index (χ4n) is 4.96. The van der Waals surface area contributed by atoms with E-state index in [1.54, 1.807) is 4.90 Å². The van der Waals surface area contributed by atoms with Crippen molar-refractivity contribution in [2.45, 2.75) is 50.9 Å². The lowest BCUT2D eigenvalue weighted by molar-refractivity contribution is -0.121. The van der Waals surface area contributed by atoms with Crippen LogP contribution in [0.25, 0.3) is 0 Å². The van der Waals surface area contributed by atoms with Gasteiger partial charge in [0.1, 0.15) is 0 Å². The number of piperidine rings is 1. The van der Waals surface area contributed by atoms with Crippen molar-refractivity contribution in [2.75, 3.05) is 13.1 Å². The van der Waals surface area contributed by atoms with Crippen LogP contribution in [0.1, 0.15) is 59.5 Å². The van der Waals surface area contributed by atoms with Crippen molar-refractivity contribution < 1.29 is 9.59 Å². The molecular weight excluding hydrogens is 558 g/mol. The Morgan fingerprint density at radius 1 is 1.03 bits per heavy atom. The van der Waals surface area contributed by atoms with Gasteiger partial charge in [-0.3, -0.25) is 15.1 Å². The second-order valence-electron chi connectivity index (χ2n) is 8.98. The molecular formula is C24H24Br2ClN3O2. The fraction of sp³-hybridized carbons (Fsp3) is 0.458. The number of nitrogens with zero attached hydrogens (tertiary/aromatic N) is 2. The minimum atomic E-state index is -0.245. The molecule has 1 aromatic carbocycles. The molecule has 1 saturated heterocycles. The Kier molecular flexibility index (Phi) is 6.34. The summed E-state index contributed by atoms with van der Waals surface area (Å²) >= 11 is 13.8. The van der Waals surface area contributed by atoms with Crippen molar-refractivity contribution >= 4 is 55.4 Å². The van der Waals surface area contributed by atoms with E-state index in [0.717, 1.165) is 64.6 Å². The quantitative estimate of drug-likeness (QED) is 0.490. The van der Waals surface area contributed by atoms with Crippen LogP contribution in [-0.2, 0) is 24.1 Å². The third kappa shape index (κ3) is 4.48. The molecule has 3 amide bonds. The van der Waals surface area contributed by atoms with Gasteiger partial charge in [-0.15, -0.1) is 0 Å². The summed E-state index contributed by atoms with van der Waals surface area (Å²) in [5.41, 5.74) is 6.32. The Bertz CT molecular complexity index is 1100. The number of halogens is 3. The molecule has 2 heterocycles. The van der Waals surface area contributed by atoms with Crippen molar-refractivity contribution in [1.29, 1.82) is 0 Å². The average Bonchev–Trinajstić information content (AvgIpc) is 3.61. The average molecular weight is 582 g/mol. The first-order valence-corrected chi connectivity index (χ1v) is 13.1. The Labute approximate surface area is 209 Å². The number of hydrogen-bond acceptors (Lipinski definition) is 3. The largest absolute Gasteiger partial charge is 0.324 e. The van der Waals surface area contributed by atoms with E-state index in [4.69, 9.17) is 16.6 Å². The number of likely N-dealkylation sites (tertiary alicyclic amines) is 1. The van der Waals surface area contributed by atoms with Gasteiger partial charge in [0.25, 0.3) is 0 Å². The number of aryl methyl sites for hydroxylation is 1. The molecule has 32 heavy (non-hydrogen) atoms. The van der Waals surface area contributed by atoms with Crippen molar-refractivity contribution in [3.05, 3.63) is 60.2 Å². The minimum absolute atomic E-state index is 0.0405. The maximum atomic E-state index is 12.5. The van der Waals surface area contributed by atoms with Gasteiger partial charge in [-0.2, -0.15) is 0 Å². The lowest BCUT2D eigenvalue weighted by atomic mass is 9.85. The van der Waals surface area contributed by atoms with E-state index in [2.05, 4.69) is 43.2 Å². The second kappa shape index (κ2) is 9.07. The topological polar surface area (TPSA) is 62.3 Å². The molecule has 0 unspecified atom stereocenters. The van der Waals surface area contributed by atoms with Gasteiger partial charge in [0, 0.05) is 51.3 Å². The monoisotopic (exact) mass is 579 g/mol. The Balaban J connectivity index is 1.34. The summed E-state index contributed by atoms with van der Waals surface area (Å²) in [6.07, 6.45) is 8.11. The molecule has 2 aromatic rings. The number of aromatic nitrogens is 1. The van der Waals surface area contributed by atoms with Gasteiger partial charge < -0.3 is 4.90 Å². The summed E-state index contributed by atoms with van der Waals surface area (Å²) in [6.45, 7) is 1.30. The van der Waals surface area contributed by atoms with Crippen molar-refractivity contribution in [3.63, 3.8) is 0 Å². The molecule has 1 aromatic heterocycles. The Hall–Kier alpha value is -1.44. The van der Waals surface area contributed by atoms with E-state index in [1.165, 1.54) is 22.3 Å². The van der Waals surface area contributed by atoms with Crippen LogP contribution in [-0.4, -0.2) is 34.9 Å². The van der Waals surface area contributed by atoms with Crippen molar-refractivity contribution in [2.24, 2.45) is 5.92 Å². The molecule has 0 bridgehead atoms. The number of imide groups is 1. The van der Waals surface area contributed by atoms with E-state index >= 15 is 0 Å². The number of carbonyl (C=O) groups is 2. The molecule has 0 radical (unpaired) electrons. The highest BCUT2D eigenvalue weighted by atomic mass is 79.9. The molecule has 5 rings (SSSR count). The zero-order valence-corrected chi connectivity index (χ0v) is 21.5. The van der Waals surface area contributed by atoms with E-state index in [-0.39, 0.29) is 17.9 Å². The molecule has 1 N–H and O–H groups in total. The van der Waals surface area contributed by atoms with E-state index < -0.39 is 0 Å². The van der Waals surface area contributed by atoms with Crippen LogP contribution in [0.2, 0.25) is 5.02 Å². The van der Waals surface area contributed by atoms with Crippen LogP contribution in [0, 0.1) is 5.92 Å². The molecule has 1 saturated carbocycles. The first-order chi connectivity index (χ1) is 15.4. The number of pyridine rings is 1. The van der Waals surface area contributed by atoms with Crippen LogP contribution < -0.4 is 5.32 Å². The number of fused-ring (bicyclic) bond motifs is 2. The summed E-state index contributed by atoms with van der Waals surface area (Å²) in [5, 5.41) is 3.32. The van der Waals surface area contributed by atoms with Crippen LogP contribution >= 0.6 is 43.5 Å². The lowest BCUT2D eigenvalue weighted by Gasteiger charge is -2.33. The molecule has 0 spiro atoms. The molecule has 2 aliphatic carbocycles. The molecule has 2 fully saturated rings. The number of urea groups is 1. The number of nitrogens with one attached hydrogen (secondary N) is 1. The summed E-state index contributed by atoms with van der Waals surface area (Å²) in [5.74, 6) is 0.279. The predicted octanol–water partition coefficient (Wildman–Crippen LogP) is 5.78. The molecule has 168 valence electrons. The Morgan fingerprint density at radius 3 is 2.50 bits per heavy atom. The number of carbonyl (C=O) groups excluding carboxylic acids is 2. The third-order valence-corrected chi connectivity index (χ3v) is 8.43. The standard InChI is InChI=1S/C24H24Br2ClN3O2/c25-19-10-16(27)9-15-3-4-17-21(11-18(15)19)28-12-20(26)22(17)13-5-7-30(8-6-13)24(32)29-23(31)14-1-2-14/h9-10,12-14H,1-8,11H2,(H,29,31,32). The van der Waals surface area contributed by atoms with Gasteiger partial charge in [-0.25, -0.2) is 4.79 Å². The summed E-state index contributed by atoms with van der Waals surface area (Å²) in [7, 11) is 0. The number of hydrogen-bond donors (Lipinski definition) is 1. The molecule has 1 aliphatic heterocycles. The second-order valence-corrected chi connectivity index (χ2v) is 11.1. The van der Waals surface area contributed by atoms with E-state index in [1.807, 2.05) is 12.3 Å². The first-order valence-electron chi connectivity index (χ1n) is 11.1. The van der Waals surface area contributed by atoms with Gasteiger partial charge in [-0.1, -0.05) is 27.5 Å². The predicted molar refractivity (Wildman–Crippen MR) is 131 cm³/mol. The smallest absolute Gasteiger partial charge is 0.324 e. The van der Waals surface area contributed by atoms with Crippen LogP contribution in [0.3, 0.4) is 0 Å². The van der Waals surface area contributed by atoms with Crippen molar-refractivity contribution in [3.8, 4) is 0 Å². The SMILES string of the molecule is O=C(NC(=O)N1CCC(c2c(Br)cnc3c2CCc2cc(Cl)cc(Br)c2C3)CC1)C1CC1. The third-order valence-electron chi connectivity index (χ3n) is 6.87. The number of amides is 3. The van der Waals surface area contributed by atoms with Gasteiger partial charge in [0.2, 0.25) is 5.91 Å². The van der Waals surface area contributed by atoms with E-state index in [9.17, 15) is 9.59 Å². The van der Waals surface area contributed by atoms with Gasteiger partial charge in [-0.05, 0) is 94.8 Å². The minimum Gasteiger partial charge on any atom is -0.324 e. The molecule has 3 aliphatic rings. The summed E-state index contributed by atoms with van der Waals surface area (Å²) < 4.78 is 2.09. The highest BCUT2D eigenvalue weighted by Gasteiger charge is 2.33. The fourth-order valence-corrected chi connectivity index (χ4v) is 6.64. The van der Waals surface area contributed by atoms with Crippen LogP contribution in [0.5, 0.6) is 0 Å². The summed E-state index contributed by atoms with van der Waals surface area (Å²) in [4.78, 5) is 31.0. The Morgan fingerprint density at radius 2 is 1.78 bits per heavy atom. The van der Waals surface area contributed by atoms with Gasteiger partial charge >= 0.3 is 6.03 Å². The van der Waals surface area contributed by atoms with E-state index in [0.29, 0.717) is 19.0 Å². The maximum Gasteiger partial charge on any atom is 0.324 e. The lowest BCUT2D eigenvalue weighted by Crippen LogP contribution is -2.46. The number of benzene rings is 1. The normalized spacial score (nSPS) is 18.5. The first kappa shape index (κ1) is 22.4. The highest BCUT2D eigenvalue weighted by Crippen LogP contribution is 2.40. The van der Waals surface area contributed by atoms with Crippen LogP contribution in [0.4, 0.5) is 4.79 Å². The molecule has 5 nitrogen and oxygen atoms in total. The molecule has 8 heteroatoms. The number of rotatable bonds is 2. The maximum absolute atomic E-state index is 12.5. The van der Waals surface area contributed by atoms with Crippen molar-refractivity contribution in [1.82, 2.24) is 15.2 Å². The van der Waals surface area contributed by atoms with Gasteiger partial charge in [0.15, 0.2) is 0 Å². The van der Waals surface area contributed by atoms with Crippen LogP contribution in [0.15, 0.2) is 27.3 Å². The van der Waals surface area contributed by atoms with Gasteiger partial charge in [0.05, 0.1) is 0 Å². The zero-order chi connectivity index (χ0) is 22.4. The summed E-state index contributed by atoms with van der Waals surface area (Å²) in [6, 6.07) is 3.78. The highest BCUT2D eigenvalue weighted by molar-refractivity contribution is 9.10. The zero-order valence-electron chi connectivity index (χ0n) is 17.6. The molecule has 0 atom stereocenters.